The van der Waals surface area contributed by atoms with E-state index in [-0.39, 0.29) is 30.5 Å². The van der Waals surface area contributed by atoms with Gasteiger partial charge in [-0.3, -0.25) is 9.59 Å². The summed E-state index contributed by atoms with van der Waals surface area (Å²) < 4.78 is 26.4. The fraction of sp³-hybridized carbons (Fsp3) is 0.263. The van der Waals surface area contributed by atoms with Gasteiger partial charge in [-0.25, -0.2) is 8.78 Å². The lowest BCUT2D eigenvalue weighted by atomic mass is 10.1. The van der Waals surface area contributed by atoms with Crippen molar-refractivity contribution >= 4 is 11.8 Å². The maximum absolute atomic E-state index is 13.5. The lowest BCUT2D eigenvalue weighted by molar-refractivity contribution is -0.121. The van der Waals surface area contributed by atoms with Crippen LogP contribution in [0.5, 0.6) is 0 Å². The van der Waals surface area contributed by atoms with E-state index >= 15 is 0 Å². The van der Waals surface area contributed by atoms with E-state index in [1.54, 1.807) is 0 Å². The highest BCUT2D eigenvalue weighted by atomic mass is 19.1. The third-order valence-electron chi connectivity index (χ3n) is 4.28. The molecule has 1 aliphatic rings. The molecule has 0 spiro atoms. The molecule has 2 N–H and O–H groups in total. The molecule has 1 aliphatic carbocycles. The monoisotopic (exact) mass is 344 g/mol. The normalized spacial score (nSPS) is 15.5. The second-order valence-corrected chi connectivity index (χ2v) is 5.99. The van der Waals surface area contributed by atoms with Crippen LogP contribution in [0.3, 0.4) is 0 Å². The van der Waals surface area contributed by atoms with Crippen LogP contribution >= 0.6 is 0 Å². The van der Waals surface area contributed by atoms with Gasteiger partial charge in [-0.1, -0.05) is 24.3 Å². The minimum absolute atomic E-state index is 0.00561. The third-order valence-corrected chi connectivity index (χ3v) is 4.28. The highest BCUT2D eigenvalue weighted by molar-refractivity contribution is 5.94. The molecule has 0 saturated carbocycles. The number of hydrogen-bond donors (Lipinski definition) is 2. The van der Waals surface area contributed by atoms with Crippen LogP contribution in [0.1, 0.15) is 40.4 Å². The first-order valence-electron chi connectivity index (χ1n) is 8.15. The molecule has 2 aromatic rings. The largest absolute Gasteiger partial charge is 0.351 e. The van der Waals surface area contributed by atoms with Gasteiger partial charge in [-0.15, -0.1) is 0 Å². The molecule has 0 radical (unpaired) electrons. The zero-order chi connectivity index (χ0) is 17.8. The van der Waals surface area contributed by atoms with Crippen molar-refractivity contribution in [3.05, 3.63) is 70.8 Å². The molecule has 0 aliphatic heterocycles. The minimum atomic E-state index is -0.926. The summed E-state index contributed by atoms with van der Waals surface area (Å²) in [6, 6.07) is 10.7. The smallest absolute Gasteiger partial charge is 0.254 e. The Kier molecular flexibility index (Phi) is 5.07. The van der Waals surface area contributed by atoms with E-state index < -0.39 is 17.5 Å². The SMILES string of the molecule is O=C(CCNC(=O)c1ccc(F)cc1F)NC1CCc2ccccc21. The average molecular weight is 344 g/mol. The second-order valence-electron chi connectivity index (χ2n) is 5.99. The number of nitrogens with one attached hydrogen (secondary N) is 2. The van der Waals surface area contributed by atoms with Gasteiger partial charge in [0.15, 0.2) is 0 Å². The van der Waals surface area contributed by atoms with Crippen molar-refractivity contribution in [2.75, 3.05) is 6.54 Å². The van der Waals surface area contributed by atoms with Crippen LogP contribution in [0.4, 0.5) is 8.78 Å². The number of halogens is 2. The van der Waals surface area contributed by atoms with Gasteiger partial charge >= 0.3 is 0 Å². The molecule has 2 amide bonds. The van der Waals surface area contributed by atoms with E-state index in [1.807, 2.05) is 18.2 Å². The molecule has 1 atom stereocenters. The zero-order valence-electron chi connectivity index (χ0n) is 13.5. The molecular weight excluding hydrogens is 326 g/mol. The van der Waals surface area contributed by atoms with E-state index in [0.29, 0.717) is 6.07 Å². The zero-order valence-corrected chi connectivity index (χ0v) is 13.5. The van der Waals surface area contributed by atoms with Gasteiger partial charge in [-0.05, 0) is 36.1 Å². The molecule has 0 heterocycles. The predicted octanol–water partition coefficient (Wildman–Crippen LogP) is 2.89. The number of aryl methyl sites for hydroxylation is 1. The Labute approximate surface area is 144 Å². The topological polar surface area (TPSA) is 58.2 Å². The molecule has 1 unspecified atom stereocenters. The average Bonchev–Trinajstić information content (AvgIpc) is 2.98. The van der Waals surface area contributed by atoms with E-state index in [9.17, 15) is 18.4 Å². The van der Waals surface area contributed by atoms with Crippen LogP contribution < -0.4 is 10.6 Å². The molecule has 2 aromatic carbocycles. The van der Waals surface area contributed by atoms with Crippen LogP contribution in [-0.4, -0.2) is 18.4 Å². The first kappa shape index (κ1) is 17.1. The van der Waals surface area contributed by atoms with E-state index in [2.05, 4.69) is 16.7 Å². The van der Waals surface area contributed by atoms with Gasteiger partial charge in [0.1, 0.15) is 11.6 Å². The molecule has 3 rings (SSSR count). The Morgan fingerprint density at radius 1 is 1.12 bits per heavy atom. The lowest BCUT2D eigenvalue weighted by Crippen LogP contribution is -2.32. The van der Waals surface area contributed by atoms with Crippen molar-refractivity contribution in [1.82, 2.24) is 10.6 Å². The van der Waals surface area contributed by atoms with Gasteiger partial charge in [0.05, 0.1) is 11.6 Å². The van der Waals surface area contributed by atoms with Gasteiger partial charge < -0.3 is 10.6 Å². The number of amides is 2. The number of hydrogen-bond acceptors (Lipinski definition) is 2. The van der Waals surface area contributed by atoms with Crippen LogP contribution in [0.2, 0.25) is 0 Å². The molecule has 0 fully saturated rings. The lowest BCUT2D eigenvalue weighted by Gasteiger charge is -2.14. The Hall–Kier alpha value is -2.76. The van der Waals surface area contributed by atoms with Gasteiger partial charge in [0, 0.05) is 19.0 Å². The first-order valence-corrected chi connectivity index (χ1v) is 8.15. The summed E-state index contributed by atoms with van der Waals surface area (Å²) in [5, 5.41) is 5.43. The van der Waals surface area contributed by atoms with E-state index in [4.69, 9.17) is 0 Å². The van der Waals surface area contributed by atoms with Crippen LogP contribution in [-0.2, 0) is 11.2 Å². The maximum Gasteiger partial charge on any atom is 0.254 e. The van der Waals surface area contributed by atoms with Crippen LogP contribution in [0, 0.1) is 11.6 Å². The summed E-state index contributed by atoms with van der Waals surface area (Å²) in [5.74, 6) is -2.52. The standard InChI is InChI=1S/C19H18F2N2O2/c20-13-6-7-15(16(21)11-13)19(25)22-10-9-18(24)23-17-8-5-12-3-1-2-4-14(12)17/h1-4,6-7,11,17H,5,8-10H2,(H,22,25)(H,23,24). The Balaban J connectivity index is 1.48. The molecule has 0 aromatic heterocycles. The molecule has 4 nitrogen and oxygen atoms in total. The Bertz CT molecular complexity index is 808. The van der Waals surface area contributed by atoms with Crippen molar-refractivity contribution in [1.29, 1.82) is 0 Å². The van der Waals surface area contributed by atoms with E-state index in [0.717, 1.165) is 30.5 Å². The summed E-state index contributed by atoms with van der Waals surface area (Å²) in [7, 11) is 0. The van der Waals surface area contributed by atoms with Gasteiger partial charge in [0.25, 0.3) is 5.91 Å². The summed E-state index contributed by atoms with van der Waals surface area (Å²) in [4.78, 5) is 23.9. The second kappa shape index (κ2) is 7.42. The fourth-order valence-electron chi connectivity index (χ4n) is 3.03. The molecular formula is C19H18F2N2O2. The van der Waals surface area contributed by atoms with Gasteiger partial charge in [-0.2, -0.15) is 0 Å². The van der Waals surface area contributed by atoms with Crippen LogP contribution in [0.25, 0.3) is 0 Å². The minimum Gasteiger partial charge on any atom is -0.351 e. The summed E-state index contributed by atoms with van der Waals surface area (Å²) >= 11 is 0. The molecule has 130 valence electrons. The molecule has 6 heteroatoms. The van der Waals surface area contributed by atoms with Crippen LogP contribution in [0.15, 0.2) is 42.5 Å². The number of fused-ring (bicyclic) bond motifs is 1. The number of benzene rings is 2. The van der Waals surface area contributed by atoms with Crippen molar-refractivity contribution in [2.24, 2.45) is 0 Å². The summed E-state index contributed by atoms with van der Waals surface area (Å²) in [5.41, 5.74) is 2.13. The van der Waals surface area contributed by atoms with E-state index in [1.165, 1.54) is 5.56 Å². The molecule has 25 heavy (non-hydrogen) atoms. The van der Waals surface area contributed by atoms with Crippen molar-refractivity contribution in [3.8, 4) is 0 Å². The number of carbonyl (C=O) groups excluding carboxylic acids is 2. The first-order chi connectivity index (χ1) is 12.0. The third kappa shape index (κ3) is 4.02. The van der Waals surface area contributed by atoms with Gasteiger partial charge in [0.2, 0.25) is 5.91 Å². The summed E-state index contributed by atoms with van der Waals surface area (Å²) in [6.45, 7) is 0.0792. The number of rotatable bonds is 5. The fourth-order valence-corrected chi connectivity index (χ4v) is 3.03. The Morgan fingerprint density at radius 3 is 2.72 bits per heavy atom. The maximum atomic E-state index is 13.5. The highest BCUT2D eigenvalue weighted by Gasteiger charge is 2.23. The predicted molar refractivity (Wildman–Crippen MR) is 89.0 cm³/mol. The Morgan fingerprint density at radius 2 is 1.92 bits per heavy atom. The molecule has 0 saturated heterocycles. The van der Waals surface area contributed by atoms with Crippen molar-refractivity contribution < 1.29 is 18.4 Å². The number of carbonyl (C=O) groups is 2. The van der Waals surface area contributed by atoms with Crippen molar-refractivity contribution in [2.45, 2.75) is 25.3 Å². The van der Waals surface area contributed by atoms with Crippen molar-refractivity contribution in [3.63, 3.8) is 0 Å². The molecule has 0 bridgehead atoms. The quantitative estimate of drug-likeness (QED) is 0.876. The highest BCUT2D eigenvalue weighted by Crippen LogP contribution is 2.30. The summed E-state index contributed by atoms with van der Waals surface area (Å²) in [6.07, 6.45) is 1.88.